The van der Waals surface area contributed by atoms with Crippen LogP contribution in [0.5, 0.6) is 0 Å². The molecule has 0 aliphatic carbocycles. The van der Waals surface area contributed by atoms with E-state index in [0.717, 1.165) is 25.2 Å². The van der Waals surface area contributed by atoms with Gasteiger partial charge in [-0.25, -0.2) is 0 Å². The number of carbonyl (C=O) groups excluding carboxylic acids is 1. The normalized spacial score (nSPS) is 21.1. The van der Waals surface area contributed by atoms with Gasteiger partial charge in [-0.2, -0.15) is 0 Å². The molecule has 2 atom stereocenters. The minimum absolute atomic E-state index is 0. The van der Waals surface area contributed by atoms with Crippen LogP contribution in [0.25, 0.3) is 0 Å². The molecule has 2 N–H and O–H groups in total. The molecule has 96 valence electrons. The van der Waals surface area contributed by atoms with E-state index in [4.69, 9.17) is 5.73 Å². The zero-order valence-corrected chi connectivity index (χ0v) is 11.1. The molecule has 2 heterocycles. The van der Waals surface area contributed by atoms with Crippen molar-refractivity contribution in [2.75, 3.05) is 13.1 Å². The van der Waals surface area contributed by atoms with Gasteiger partial charge in [0.1, 0.15) is 5.69 Å². The maximum atomic E-state index is 12.2. The summed E-state index contributed by atoms with van der Waals surface area (Å²) in [7, 11) is 1.90. The second-order valence-corrected chi connectivity index (χ2v) is 4.66. The van der Waals surface area contributed by atoms with Crippen LogP contribution in [0.15, 0.2) is 18.3 Å². The van der Waals surface area contributed by atoms with E-state index in [0.29, 0.717) is 5.92 Å². The van der Waals surface area contributed by atoms with Gasteiger partial charge in [-0.15, -0.1) is 12.4 Å². The number of hydrogen-bond donors (Lipinski definition) is 1. The average Bonchev–Trinajstić information content (AvgIpc) is 2.84. The van der Waals surface area contributed by atoms with Crippen LogP contribution < -0.4 is 5.73 Å². The third-order valence-electron chi connectivity index (χ3n) is 3.42. The van der Waals surface area contributed by atoms with Crippen molar-refractivity contribution in [1.82, 2.24) is 9.47 Å². The van der Waals surface area contributed by atoms with E-state index in [9.17, 15) is 4.79 Å². The first-order valence-corrected chi connectivity index (χ1v) is 5.76. The molecule has 0 bridgehead atoms. The molecule has 5 heteroatoms. The Morgan fingerprint density at radius 2 is 2.29 bits per heavy atom. The SMILES string of the molecule is CC(N)C1CCN(C(=O)c2cccn2C)C1.Cl. The highest BCUT2D eigenvalue weighted by Gasteiger charge is 2.29. The lowest BCUT2D eigenvalue weighted by molar-refractivity contribution is 0.0776. The van der Waals surface area contributed by atoms with Gasteiger partial charge < -0.3 is 15.2 Å². The van der Waals surface area contributed by atoms with Crippen LogP contribution in [0.1, 0.15) is 23.8 Å². The van der Waals surface area contributed by atoms with Crippen molar-refractivity contribution in [2.24, 2.45) is 18.7 Å². The maximum absolute atomic E-state index is 12.2. The lowest BCUT2D eigenvalue weighted by Crippen LogP contribution is -2.33. The lowest BCUT2D eigenvalue weighted by Gasteiger charge is -2.18. The quantitative estimate of drug-likeness (QED) is 0.867. The van der Waals surface area contributed by atoms with E-state index in [1.54, 1.807) is 0 Å². The molecule has 17 heavy (non-hydrogen) atoms. The molecule has 4 nitrogen and oxygen atoms in total. The molecule has 1 fully saturated rings. The minimum Gasteiger partial charge on any atom is -0.347 e. The predicted molar refractivity (Wildman–Crippen MR) is 70.3 cm³/mol. The molecule has 1 amide bonds. The number of hydrogen-bond acceptors (Lipinski definition) is 2. The van der Waals surface area contributed by atoms with Crippen LogP contribution in [-0.2, 0) is 7.05 Å². The fourth-order valence-electron chi connectivity index (χ4n) is 2.25. The number of nitrogens with two attached hydrogens (primary N) is 1. The van der Waals surface area contributed by atoms with Gasteiger partial charge in [-0.05, 0) is 31.4 Å². The van der Waals surface area contributed by atoms with Crippen LogP contribution in [0.3, 0.4) is 0 Å². The van der Waals surface area contributed by atoms with Crippen molar-refractivity contribution in [3.8, 4) is 0 Å². The largest absolute Gasteiger partial charge is 0.347 e. The van der Waals surface area contributed by atoms with Crippen molar-refractivity contribution in [3.63, 3.8) is 0 Å². The summed E-state index contributed by atoms with van der Waals surface area (Å²) in [6.45, 7) is 3.64. The molecule has 1 saturated heterocycles. The first-order valence-electron chi connectivity index (χ1n) is 5.76. The second-order valence-electron chi connectivity index (χ2n) is 4.66. The number of amides is 1. The predicted octanol–water partition coefficient (Wildman–Crippen LogP) is 1.26. The Kier molecular flexibility index (Phi) is 4.60. The number of aryl methyl sites for hydroxylation is 1. The Labute approximate surface area is 108 Å². The summed E-state index contributed by atoms with van der Waals surface area (Å²) in [5, 5.41) is 0. The third kappa shape index (κ3) is 2.82. The number of likely N-dealkylation sites (tertiary alicyclic amines) is 1. The van der Waals surface area contributed by atoms with Crippen LogP contribution in [0.2, 0.25) is 0 Å². The van der Waals surface area contributed by atoms with Crippen molar-refractivity contribution < 1.29 is 4.79 Å². The number of nitrogens with zero attached hydrogens (tertiary/aromatic N) is 2. The zero-order chi connectivity index (χ0) is 11.7. The molecule has 1 aliphatic rings. The van der Waals surface area contributed by atoms with Gasteiger partial charge >= 0.3 is 0 Å². The van der Waals surface area contributed by atoms with Crippen molar-refractivity contribution >= 4 is 18.3 Å². The Hall–Kier alpha value is -1.00. The Morgan fingerprint density at radius 3 is 2.76 bits per heavy atom. The van der Waals surface area contributed by atoms with Crippen LogP contribution >= 0.6 is 12.4 Å². The molecule has 1 aliphatic heterocycles. The summed E-state index contributed by atoms with van der Waals surface area (Å²) in [6, 6.07) is 3.93. The molecule has 0 radical (unpaired) electrons. The molecule has 0 saturated carbocycles. The van der Waals surface area contributed by atoms with Crippen molar-refractivity contribution in [3.05, 3.63) is 24.0 Å². The fraction of sp³-hybridized carbons (Fsp3) is 0.583. The van der Waals surface area contributed by atoms with Gasteiger partial charge in [0, 0.05) is 32.4 Å². The molecular weight excluding hydrogens is 238 g/mol. The minimum atomic E-state index is 0. The number of aromatic nitrogens is 1. The second kappa shape index (κ2) is 5.56. The van der Waals surface area contributed by atoms with Crippen molar-refractivity contribution in [1.29, 1.82) is 0 Å². The highest BCUT2D eigenvalue weighted by molar-refractivity contribution is 5.92. The summed E-state index contributed by atoms with van der Waals surface area (Å²) in [5.74, 6) is 0.569. The summed E-state index contributed by atoms with van der Waals surface area (Å²) in [6.07, 6.45) is 2.92. The van der Waals surface area contributed by atoms with Gasteiger partial charge in [-0.3, -0.25) is 4.79 Å². The Balaban J connectivity index is 0.00000144. The molecule has 0 spiro atoms. The van der Waals surface area contributed by atoms with E-state index in [2.05, 4.69) is 0 Å². The monoisotopic (exact) mass is 257 g/mol. The summed E-state index contributed by atoms with van der Waals surface area (Å²) in [4.78, 5) is 14.1. The molecule has 2 rings (SSSR count). The van der Waals surface area contributed by atoms with Gasteiger partial charge in [-0.1, -0.05) is 0 Å². The van der Waals surface area contributed by atoms with Crippen LogP contribution in [0.4, 0.5) is 0 Å². The topological polar surface area (TPSA) is 51.3 Å². The van der Waals surface area contributed by atoms with E-state index in [1.165, 1.54) is 0 Å². The van der Waals surface area contributed by atoms with E-state index in [-0.39, 0.29) is 24.4 Å². The zero-order valence-electron chi connectivity index (χ0n) is 10.3. The Bertz CT molecular complexity index is 389. The van der Waals surface area contributed by atoms with Gasteiger partial charge in [0.2, 0.25) is 0 Å². The van der Waals surface area contributed by atoms with E-state index < -0.39 is 0 Å². The van der Waals surface area contributed by atoms with Crippen LogP contribution in [-0.4, -0.2) is 34.5 Å². The standard InChI is InChI=1S/C12H19N3O.ClH/c1-9(13)10-5-7-15(8-10)12(16)11-4-3-6-14(11)2;/h3-4,6,9-10H,5,7-8,13H2,1-2H3;1H. The van der Waals surface area contributed by atoms with Gasteiger partial charge in [0.05, 0.1) is 0 Å². The number of carbonyl (C=O) groups is 1. The summed E-state index contributed by atoms with van der Waals surface area (Å²) < 4.78 is 1.86. The summed E-state index contributed by atoms with van der Waals surface area (Å²) in [5.41, 5.74) is 6.62. The summed E-state index contributed by atoms with van der Waals surface area (Å²) >= 11 is 0. The molecular formula is C12H20ClN3O. The number of halogens is 1. The Morgan fingerprint density at radius 1 is 1.59 bits per heavy atom. The maximum Gasteiger partial charge on any atom is 0.270 e. The fourth-order valence-corrected chi connectivity index (χ4v) is 2.25. The van der Waals surface area contributed by atoms with Crippen LogP contribution in [0, 0.1) is 5.92 Å². The lowest BCUT2D eigenvalue weighted by atomic mass is 10.0. The smallest absolute Gasteiger partial charge is 0.270 e. The van der Waals surface area contributed by atoms with Crippen molar-refractivity contribution in [2.45, 2.75) is 19.4 Å². The first-order chi connectivity index (χ1) is 7.59. The van der Waals surface area contributed by atoms with Gasteiger partial charge in [0.15, 0.2) is 0 Å². The molecule has 2 unspecified atom stereocenters. The van der Waals surface area contributed by atoms with E-state index in [1.807, 2.05) is 41.8 Å². The first kappa shape index (κ1) is 14.1. The highest BCUT2D eigenvalue weighted by atomic mass is 35.5. The van der Waals surface area contributed by atoms with E-state index >= 15 is 0 Å². The molecule has 0 aromatic carbocycles. The molecule has 1 aromatic rings. The number of rotatable bonds is 2. The average molecular weight is 258 g/mol. The van der Waals surface area contributed by atoms with Gasteiger partial charge in [0.25, 0.3) is 5.91 Å². The molecule has 1 aromatic heterocycles. The third-order valence-corrected chi connectivity index (χ3v) is 3.42. The highest BCUT2D eigenvalue weighted by Crippen LogP contribution is 2.20.